The molecule has 0 spiro atoms. The van der Waals surface area contributed by atoms with E-state index in [0.717, 1.165) is 27.4 Å². The summed E-state index contributed by atoms with van der Waals surface area (Å²) in [5.41, 5.74) is 4.33. The SMILES string of the molecule is Clc1ccc(-c2ccc(-c3ccccc3)nc2)cc1. The molecule has 1 heterocycles. The van der Waals surface area contributed by atoms with Crippen molar-refractivity contribution in [1.82, 2.24) is 4.98 Å². The van der Waals surface area contributed by atoms with Crippen LogP contribution in [0.3, 0.4) is 0 Å². The van der Waals surface area contributed by atoms with E-state index in [4.69, 9.17) is 11.6 Å². The molecule has 0 aliphatic heterocycles. The minimum atomic E-state index is 0.748. The third-order valence-electron chi connectivity index (χ3n) is 3.01. The summed E-state index contributed by atoms with van der Waals surface area (Å²) in [4.78, 5) is 4.51. The standard InChI is InChI=1S/C17H12ClN/c18-16-9-6-13(7-10-16)15-8-11-17(19-12-15)14-4-2-1-3-5-14/h1-12H. The highest BCUT2D eigenvalue weighted by Gasteiger charge is 2.01. The van der Waals surface area contributed by atoms with Crippen LogP contribution in [-0.2, 0) is 0 Å². The lowest BCUT2D eigenvalue weighted by Crippen LogP contribution is -1.84. The molecule has 0 aliphatic carbocycles. The average molecular weight is 266 g/mol. The van der Waals surface area contributed by atoms with E-state index in [1.165, 1.54) is 0 Å². The molecule has 19 heavy (non-hydrogen) atoms. The number of halogens is 1. The molecule has 2 aromatic carbocycles. The molecule has 0 fully saturated rings. The normalized spacial score (nSPS) is 10.4. The van der Waals surface area contributed by atoms with Gasteiger partial charge in [-0.05, 0) is 23.8 Å². The van der Waals surface area contributed by atoms with Gasteiger partial charge in [-0.3, -0.25) is 4.98 Å². The zero-order chi connectivity index (χ0) is 13.1. The predicted octanol–water partition coefficient (Wildman–Crippen LogP) is 5.07. The second-order valence-electron chi connectivity index (χ2n) is 4.31. The number of benzene rings is 2. The van der Waals surface area contributed by atoms with Crippen LogP contribution < -0.4 is 0 Å². The van der Waals surface area contributed by atoms with Gasteiger partial charge in [0.2, 0.25) is 0 Å². The van der Waals surface area contributed by atoms with Crippen LogP contribution in [0, 0.1) is 0 Å². The molecule has 0 bridgehead atoms. The number of hydrogen-bond acceptors (Lipinski definition) is 1. The van der Waals surface area contributed by atoms with E-state index in [1.807, 2.05) is 54.7 Å². The monoisotopic (exact) mass is 265 g/mol. The third-order valence-corrected chi connectivity index (χ3v) is 3.26. The topological polar surface area (TPSA) is 12.9 Å². The number of pyridine rings is 1. The summed E-state index contributed by atoms with van der Waals surface area (Å²) in [5.74, 6) is 0. The Kier molecular flexibility index (Phi) is 3.30. The lowest BCUT2D eigenvalue weighted by Gasteiger charge is -2.04. The molecular weight excluding hydrogens is 254 g/mol. The molecule has 0 radical (unpaired) electrons. The highest BCUT2D eigenvalue weighted by atomic mass is 35.5. The van der Waals surface area contributed by atoms with Crippen molar-refractivity contribution >= 4 is 11.6 Å². The molecule has 0 amide bonds. The summed E-state index contributed by atoms with van der Waals surface area (Å²) in [6.45, 7) is 0. The Hall–Kier alpha value is -2.12. The Morgan fingerprint density at radius 2 is 1.32 bits per heavy atom. The molecule has 92 valence electrons. The quantitative estimate of drug-likeness (QED) is 0.630. The van der Waals surface area contributed by atoms with Crippen LogP contribution in [0.1, 0.15) is 0 Å². The van der Waals surface area contributed by atoms with Gasteiger partial charge in [0, 0.05) is 22.3 Å². The summed E-state index contributed by atoms with van der Waals surface area (Å²) >= 11 is 5.89. The molecule has 3 aromatic rings. The van der Waals surface area contributed by atoms with Crippen LogP contribution in [0.5, 0.6) is 0 Å². The van der Waals surface area contributed by atoms with Crippen LogP contribution in [0.15, 0.2) is 72.9 Å². The summed E-state index contributed by atoms with van der Waals surface area (Å²) in [6.07, 6.45) is 1.89. The fraction of sp³-hybridized carbons (Fsp3) is 0. The fourth-order valence-corrected chi connectivity index (χ4v) is 2.11. The predicted molar refractivity (Wildman–Crippen MR) is 80.1 cm³/mol. The van der Waals surface area contributed by atoms with Gasteiger partial charge in [0.15, 0.2) is 0 Å². The molecule has 1 nitrogen and oxygen atoms in total. The summed E-state index contributed by atoms with van der Waals surface area (Å²) < 4.78 is 0. The first kappa shape index (κ1) is 11.9. The van der Waals surface area contributed by atoms with Crippen LogP contribution in [0.25, 0.3) is 22.4 Å². The van der Waals surface area contributed by atoms with Crippen LogP contribution in [0.2, 0.25) is 5.02 Å². The van der Waals surface area contributed by atoms with E-state index in [9.17, 15) is 0 Å². The number of hydrogen-bond donors (Lipinski definition) is 0. The molecule has 2 heteroatoms. The van der Waals surface area contributed by atoms with Gasteiger partial charge in [0.05, 0.1) is 5.69 Å². The number of nitrogens with zero attached hydrogens (tertiary/aromatic N) is 1. The Morgan fingerprint density at radius 1 is 0.632 bits per heavy atom. The molecular formula is C17H12ClN. The van der Waals surface area contributed by atoms with Gasteiger partial charge in [-0.25, -0.2) is 0 Å². The van der Waals surface area contributed by atoms with Gasteiger partial charge in [0.1, 0.15) is 0 Å². The lowest BCUT2D eigenvalue weighted by atomic mass is 10.1. The van der Waals surface area contributed by atoms with Crippen LogP contribution >= 0.6 is 11.6 Å². The molecule has 0 unspecified atom stereocenters. The maximum atomic E-state index is 5.89. The smallest absolute Gasteiger partial charge is 0.0702 e. The molecule has 0 N–H and O–H groups in total. The average Bonchev–Trinajstić information content (AvgIpc) is 2.49. The summed E-state index contributed by atoms with van der Waals surface area (Å²) in [5, 5.41) is 0.748. The van der Waals surface area contributed by atoms with Crippen molar-refractivity contribution in [2.45, 2.75) is 0 Å². The van der Waals surface area contributed by atoms with Crippen molar-refractivity contribution in [2.75, 3.05) is 0 Å². The lowest BCUT2D eigenvalue weighted by molar-refractivity contribution is 1.32. The largest absolute Gasteiger partial charge is 0.256 e. The van der Waals surface area contributed by atoms with Gasteiger partial charge in [-0.1, -0.05) is 60.1 Å². The number of aromatic nitrogens is 1. The van der Waals surface area contributed by atoms with Crippen molar-refractivity contribution in [3.63, 3.8) is 0 Å². The Balaban J connectivity index is 1.93. The summed E-state index contributed by atoms with van der Waals surface area (Å²) in [6, 6.07) is 22.1. The fourth-order valence-electron chi connectivity index (χ4n) is 1.99. The molecule has 0 atom stereocenters. The summed E-state index contributed by atoms with van der Waals surface area (Å²) in [7, 11) is 0. The Bertz CT molecular complexity index is 658. The van der Waals surface area contributed by atoms with Gasteiger partial charge < -0.3 is 0 Å². The first-order valence-corrected chi connectivity index (χ1v) is 6.48. The van der Waals surface area contributed by atoms with E-state index in [2.05, 4.69) is 23.2 Å². The molecule has 0 aliphatic rings. The van der Waals surface area contributed by atoms with Crippen molar-refractivity contribution < 1.29 is 0 Å². The molecule has 1 aromatic heterocycles. The molecule has 3 rings (SSSR count). The minimum Gasteiger partial charge on any atom is -0.256 e. The van der Waals surface area contributed by atoms with Gasteiger partial charge in [-0.15, -0.1) is 0 Å². The Morgan fingerprint density at radius 3 is 1.95 bits per heavy atom. The van der Waals surface area contributed by atoms with E-state index >= 15 is 0 Å². The first-order valence-electron chi connectivity index (χ1n) is 6.10. The minimum absolute atomic E-state index is 0.748. The van der Waals surface area contributed by atoms with Crippen molar-refractivity contribution in [1.29, 1.82) is 0 Å². The second-order valence-corrected chi connectivity index (χ2v) is 4.74. The number of rotatable bonds is 2. The third kappa shape index (κ3) is 2.67. The maximum Gasteiger partial charge on any atom is 0.0702 e. The van der Waals surface area contributed by atoms with Crippen LogP contribution in [0.4, 0.5) is 0 Å². The van der Waals surface area contributed by atoms with E-state index < -0.39 is 0 Å². The van der Waals surface area contributed by atoms with Crippen molar-refractivity contribution in [3.8, 4) is 22.4 Å². The van der Waals surface area contributed by atoms with Crippen LogP contribution in [-0.4, -0.2) is 4.98 Å². The van der Waals surface area contributed by atoms with Crippen molar-refractivity contribution in [2.24, 2.45) is 0 Å². The van der Waals surface area contributed by atoms with E-state index in [1.54, 1.807) is 0 Å². The zero-order valence-electron chi connectivity index (χ0n) is 10.3. The highest BCUT2D eigenvalue weighted by molar-refractivity contribution is 6.30. The van der Waals surface area contributed by atoms with Gasteiger partial charge >= 0.3 is 0 Å². The highest BCUT2D eigenvalue weighted by Crippen LogP contribution is 2.23. The second kappa shape index (κ2) is 5.25. The molecule has 0 saturated heterocycles. The molecule has 0 saturated carbocycles. The van der Waals surface area contributed by atoms with E-state index in [0.29, 0.717) is 0 Å². The Labute approximate surface area is 117 Å². The van der Waals surface area contributed by atoms with E-state index in [-0.39, 0.29) is 0 Å². The van der Waals surface area contributed by atoms with Gasteiger partial charge in [0.25, 0.3) is 0 Å². The maximum absolute atomic E-state index is 5.89. The van der Waals surface area contributed by atoms with Gasteiger partial charge in [-0.2, -0.15) is 0 Å². The zero-order valence-corrected chi connectivity index (χ0v) is 11.0. The van der Waals surface area contributed by atoms with Crippen molar-refractivity contribution in [3.05, 3.63) is 77.9 Å². The first-order chi connectivity index (χ1) is 9.33.